The summed E-state index contributed by atoms with van der Waals surface area (Å²) in [6, 6.07) is 8.37. The van der Waals surface area contributed by atoms with E-state index in [4.69, 9.17) is 0 Å². The van der Waals surface area contributed by atoms with Crippen molar-refractivity contribution < 1.29 is 9.90 Å². The molecule has 28 heavy (non-hydrogen) atoms. The van der Waals surface area contributed by atoms with Crippen LogP contribution in [-0.2, 0) is 11.2 Å². The van der Waals surface area contributed by atoms with Crippen LogP contribution in [-0.4, -0.2) is 53.2 Å². The summed E-state index contributed by atoms with van der Waals surface area (Å²) >= 11 is 0. The molecule has 0 spiro atoms. The number of amides is 1. The number of aliphatic hydroxyl groups excluding tert-OH is 1. The molecule has 1 fully saturated rings. The van der Waals surface area contributed by atoms with Gasteiger partial charge in [0.15, 0.2) is 0 Å². The fourth-order valence-electron chi connectivity index (χ4n) is 3.85. The zero-order valence-corrected chi connectivity index (χ0v) is 18.5. The lowest BCUT2D eigenvalue weighted by Crippen LogP contribution is -2.55. The maximum atomic E-state index is 12.7. The highest BCUT2D eigenvalue weighted by Gasteiger charge is 2.38. The Labute approximate surface area is 170 Å². The summed E-state index contributed by atoms with van der Waals surface area (Å²) in [5.74, 6) is -0.258. The lowest BCUT2D eigenvalue weighted by molar-refractivity contribution is -0.144. The number of para-hydroxylation sites is 1. The average molecular weight is 390 g/mol. The molecule has 2 heterocycles. The van der Waals surface area contributed by atoms with Crippen molar-refractivity contribution in [1.82, 2.24) is 15.2 Å². The fourth-order valence-corrected chi connectivity index (χ4v) is 3.85. The van der Waals surface area contributed by atoms with Gasteiger partial charge in [-0.3, -0.25) is 4.79 Å². The lowest BCUT2D eigenvalue weighted by Gasteiger charge is -2.39. The number of rotatable bonds is 6. The number of aromatic amines is 1. The van der Waals surface area contributed by atoms with Gasteiger partial charge in [0.05, 0.1) is 12.0 Å². The summed E-state index contributed by atoms with van der Waals surface area (Å²) < 4.78 is 0. The second-order valence-electron chi connectivity index (χ2n) is 6.74. The minimum absolute atomic E-state index is 0.0716. The first-order valence-corrected chi connectivity index (χ1v) is 10.8. The first-order chi connectivity index (χ1) is 13.6. The number of piperidine rings is 1. The monoisotopic (exact) mass is 389 g/mol. The van der Waals surface area contributed by atoms with Gasteiger partial charge in [0, 0.05) is 36.2 Å². The van der Waals surface area contributed by atoms with Crippen LogP contribution < -0.4 is 5.32 Å². The van der Waals surface area contributed by atoms with E-state index in [1.165, 1.54) is 10.9 Å². The predicted molar refractivity (Wildman–Crippen MR) is 119 cm³/mol. The zero-order valence-electron chi connectivity index (χ0n) is 18.5. The zero-order chi connectivity index (χ0) is 21.1. The van der Waals surface area contributed by atoms with Crippen molar-refractivity contribution in [1.29, 1.82) is 0 Å². The molecule has 3 N–H and O–H groups in total. The first kappa shape index (κ1) is 24.2. The molecule has 1 aromatic carbocycles. The summed E-state index contributed by atoms with van der Waals surface area (Å²) in [5, 5.41) is 14.4. The normalized spacial score (nSPS) is 20.1. The summed E-state index contributed by atoms with van der Waals surface area (Å²) in [6.45, 7) is 11.2. The summed E-state index contributed by atoms with van der Waals surface area (Å²) in [4.78, 5) is 17.9. The highest BCUT2D eigenvalue weighted by atomic mass is 16.3. The average Bonchev–Trinajstić information content (AvgIpc) is 3.15. The van der Waals surface area contributed by atoms with E-state index < -0.39 is 6.10 Å². The van der Waals surface area contributed by atoms with Crippen molar-refractivity contribution in [3.63, 3.8) is 0 Å². The number of carbonyl (C=O) groups is 1. The molecule has 0 radical (unpaired) electrons. The van der Waals surface area contributed by atoms with Crippen LogP contribution in [0.1, 0.15) is 53.0 Å². The topological polar surface area (TPSA) is 68.4 Å². The van der Waals surface area contributed by atoms with E-state index in [1.807, 2.05) is 45.7 Å². The Hall–Kier alpha value is -1.85. The Kier molecular flexibility index (Phi) is 10.9. The Balaban J connectivity index is 0.000000921. The van der Waals surface area contributed by atoms with E-state index >= 15 is 0 Å². The van der Waals surface area contributed by atoms with E-state index in [0.29, 0.717) is 0 Å². The number of aliphatic hydroxyl groups is 1. The molecular weight excluding hydrogens is 350 g/mol. The van der Waals surface area contributed by atoms with Gasteiger partial charge >= 0.3 is 0 Å². The standard InChI is InChI=1S/C19H27N3O2.2C2H6/c1-13(23)18-17(20-2)9-11-22(19(18)24)10-5-6-14-12-21-16-8-4-3-7-15(14)16;2*1-2/h3-4,7-8,12-13,17-18,20-21,23H,5-6,9-11H2,1-2H3;2*1-2H3/t13?,17-,18?;;/m0../s1. The molecule has 5 heteroatoms. The number of nitrogens with one attached hydrogen (secondary N) is 2. The highest BCUT2D eigenvalue weighted by Crippen LogP contribution is 2.23. The number of benzene rings is 1. The SMILES string of the molecule is CC.CC.CN[C@H]1CCN(CCCc2c[nH]c3ccccc23)C(=O)C1C(C)O. The van der Waals surface area contributed by atoms with Gasteiger partial charge in [0.25, 0.3) is 0 Å². The molecule has 5 nitrogen and oxygen atoms in total. The maximum absolute atomic E-state index is 12.7. The highest BCUT2D eigenvalue weighted by molar-refractivity contribution is 5.83. The van der Waals surface area contributed by atoms with Gasteiger partial charge in [-0.2, -0.15) is 0 Å². The third kappa shape index (κ3) is 5.82. The van der Waals surface area contributed by atoms with Crippen molar-refractivity contribution in [2.24, 2.45) is 5.92 Å². The van der Waals surface area contributed by atoms with E-state index in [-0.39, 0.29) is 17.9 Å². The third-order valence-corrected chi connectivity index (χ3v) is 5.18. The Morgan fingerprint density at radius 3 is 2.57 bits per heavy atom. The predicted octanol–water partition coefficient (Wildman–Crippen LogP) is 3.97. The number of aryl methyl sites for hydroxylation is 1. The van der Waals surface area contributed by atoms with Crippen LogP contribution in [0.5, 0.6) is 0 Å². The maximum Gasteiger partial charge on any atom is 0.229 e. The number of likely N-dealkylation sites (tertiary alicyclic amines) is 1. The van der Waals surface area contributed by atoms with Crippen LogP contribution in [0.2, 0.25) is 0 Å². The van der Waals surface area contributed by atoms with E-state index in [1.54, 1.807) is 6.92 Å². The number of H-pyrrole nitrogens is 1. The molecule has 1 aliphatic rings. The van der Waals surface area contributed by atoms with Gasteiger partial charge in [-0.1, -0.05) is 45.9 Å². The number of carbonyl (C=O) groups excluding carboxylic acids is 1. The molecule has 2 unspecified atom stereocenters. The smallest absolute Gasteiger partial charge is 0.229 e. The number of hydrogen-bond acceptors (Lipinski definition) is 3. The van der Waals surface area contributed by atoms with Crippen molar-refractivity contribution >= 4 is 16.8 Å². The molecule has 3 atom stereocenters. The third-order valence-electron chi connectivity index (χ3n) is 5.18. The largest absolute Gasteiger partial charge is 0.393 e. The fraction of sp³-hybridized carbons (Fsp3) is 0.609. The van der Waals surface area contributed by atoms with Crippen molar-refractivity contribution in [2.75, 3.05) is 20.1 Å². The van der Waals surface area contributed by atoms with Crippen molar-refractivity contribution in [3.8, 4) is 0 Å². The van der Waals surface area contributed by atoms with Crippen LogP contribution in [0, 0.1) is 5.92 Å². The van der Waals surface area contributed by atoms with Gasteiger partial charge in [0.1, 0.15) is 0 Å². The summed E-state index contributed by atoms with van der Waals surface area (Å²) in [5.41, 5.74) is 2.46. The van der Waals surface area contributed by atoms with Gasteiger partial charge in [-0.15, -0.1) is 0 Å². The van der Waals surface area contributed by atoms with Crippen LogP contribution in [0.15, 0.2) is 30.5 Å². The molecule has 1 amide bonds. The van der Waals surface area contributed by atoms with Gasteiger partial charge in [-0.25, -0.2) is 0 Å². The molecule has 2 aromatic rings. The second-order valence-corrected chi connectivity index (χ2v) is 6.74. The first-order valence-electron chi connectivity index (χ1n) is 10.8. The lowest BCUT2D eigenvalue weighted by atomic mass is 9.87. The van der Waals surface area contributed by atoms with Gasteiger partial charge in [0.2, 0.25) is 5.91 Å². The van der Waals surface area contributed by atoms with Crippen LogP contribution >= 0.6 is 0 Å². The molecule has 0 saturated carbocycles. The molecule has 158 valence electrons. The van der Waals surface area contributed by atoms with E-state index in [2.05, 4.69) is 34.7 Å². The molecule has 1 aromatic heterocycles. The number of aromatic nitrogens is 1. The van der Waals surface area contributed by atoms with Crippen LogP contribution in [0.25, 0.3) is 10.9 Å². The Morgan fingerprint density at radius 2 is 1.93 bits per heavy atom. The van der Waals surface area contributed by atoms with Crippen LogP contribution in [0.4, 0.5) is 0 Å². The second kappa shape index (κ2) is 12.6. The molecule has 3 rings (SSSR count). The van der Waals surface area contributed by atoms with E-state index in [0.717, 1.165) is 37.9 Å². The summed E-state index contributed by atoms with van der Waals surface area (Å²) in [7, 11) is 1.86. The number of nitrogens with zero attached hydrogens (tertiary/aromatic N) is 1. The molecular formula is C23H39N3O2. The van der Waals surface area contributed by atoms with E-state index in [9.17, 15) is 9.90 Å². The number of hydrogen-bond donors (Lipinski definition) is 3. The Morgan fingerprint density at radius 1 is 1.25 bits per heavy atom. The minimum atomic E-state index is -0.619. The molecule has 0 aliphatic carbocycles. The molecule has 0 bridgehead atoms. The molecule has 1 aliphatic heterocycles. The quantitative estimate of drug-likeness (QED) is 0.700. The van der Waals surface area contributed by atoms with Gasteiger partial charge in [-0.05, 0) is 44.9 Å². The molecule has 1 saturated heterocycles. The van der Waals surface area contributed by atoms with Crippen LogP contribution in [0.3, 0.4) is 0 Å². The van der Waals surface area contributed by atoms with Gasteiger partial charge < -0.3 is 20.3 Å². The minimum Gasteiger partial charge on any atom is -0.393 e. The Bertz CT molecular complexity index is 696. The van der Waals surface area contributed by atoms with Crippen molar-refractivity contribution in [3.05, 3.63) is 36.0 Å². The van der Waals surface area contributed by atoms with Crippen molar-refractivity contribution in [2.45, 2.75) is 66.0 Å². The number of fused-ring (bicyclic) bond motifs is 1. The summed E-state index contributed by atoms with van der Waals surface area (Å²) in [6.07, 6.45) is 4.22.